The fourth-order valence-corrected chi connectivity index (χ4v) is 2.54. The van der Waals surface area contributed by atoms with Crippen LogP contribution in [0.3, 0.4) is 0 Å². The highest BCUT2D eigenvalue weighted by Crippen LogP contribution is 2.77. The molecular weight excluding hydrogens is 136 g/mol. The minimum absolute atomic E-state index is 0.299. The topological polar surface area (TPSA) is 20.2 Å². The molecule has 0 aromatic carbocycles. The van der Waals surface area contributed by atoms with Crippen molar-refractivity contribution in [1.29, 1.82) is 0 Å². The van der Waals surface area contributed by atoms with Gasteiger partial charge in [0.25, 0.3) is 0 Å². The molecule has 1 N–H and O–H groups in total. The zero-order valence-corrected chi connectivity index (χ0v) is 5.55. The number of fused-ring (bicyclic) bond motifs is 1. The zero-order chi connectivity index (χ0) is 6.17. The van der Waals surface area contributed by atoms with Gasteiger partial charge in [0.05, 0.1) is 6.10 Å². The predicted octanol–water partition coefficient (Wildman–Crippen LogP) is 0.976. The normalized spacial score (nSPS) is 66.4. The second kappa shape index (κ2) is 1.08. The Kier molecular flexibility index (Phi) is 0.572. The fraction of sp³-hybridized carbons (Fsp3) is 0.714. The largest absolute Gasteiger partial charge is 0.387 e. The molecule has 4 rings (SSSR count). The zero-order valence-electron chi connectivity index (χ0n) is 4.79. The highest BCUT2D eigenvalue weighted by atomic mass is 35.5. The molecule has 48 valence electrons. The molecule has 0 aliphatic heterocycles. The molecule has 0 radical (unpaired) electrons. The van der Waals surface area contributed by atoms with E-state index in [4.69, 9.17) is 11.6 Å². The van der Waals surface area contributed by atoms with Gasteiger partial charge in [-0.05, 0) is 23.7 Å². The van der Waals surface area contributed by atoms with Crippen molar-refractivity contribution in [2.75, 3.05) is 0 Å². The van der Waals surface area contributed by atoms with Crippen LogP contribution < -0.4 is 0 Å². The minimum Gasteiger partial charge on any atom is -0.387 e. The number of rotatable bonds is 0. The highest BCUT2D eigenvalue weighted by Gasteiger charge is 2.76. The molecule has 4 aliphatic rings. The van der Waals surface area contributed by atoms with Gasteiger partial charge < -0.3 is 5.11 Å². The lowest BCUT2D eigenvalue weighted by Gasteiger charge is -2.21. The maximum Gasteiger partial charge on any atom is 0.0926 e. The van der Waals surface area contributed by atoms with Gasteiger partial charge in [0.2, 0.25) is 0 Å². The summed E-state index contributed by atoms with van der Waals surface area (Å²) in [5, 5.41) is 9.99. The standard InChI is InChI=1S/C7H7ClO/c8-3-1-2-4-5(2)6(4)7(3)9/h1-2,4-7,9H/t2?,4-,5?,6?,7+/m1/s1. The molecule has 3 unspecified atom stereocenters. The molecule has 5 atom stereocenters. The van der Waals surface area contributed by atoms with E-state index in [-0.39, 0.29) is 6.10 Å². The summed E-state index contributed by atoms with van der Waals surface area (Å²) in [5.41, 5.74) is 0. The van der Waals surface area contributed by atoms with Crippen LogP contribution in [0.15, 0.2) is 11.1 Å². The molecule has 4 aliphatic carbocycles. The molecule has 0 amide bonds. The summed E-state index contributed by atoms with van der Waals surface area (Å²) in [4.78, 5) is 0. The molecule has 1 nitrogen and oxygen atoms in total. The highest BCUT2D eigenvalue weighted by molar-refractivity contribution is 6.30. The van der Waals surface area contributed by atoms with E-state index in [1.807, 2.05) is 6.08 Å². The van der Waals surface area contributed by atoms with Crippen LogP contribution in [-0.2, 0) is 0 Å². The van der Waals surface area contributed by atoms with Crippen molar-refractivity contribution in [3.05, 3.63) is 11.1 Å². The minimum atomic E-state index is -0.299. The molecule has 2 fully saturated rings. The SMILES string of the molecule is O[C@H]1C(Cl)=CC2C3C1[C@H]23. The van der Waals surface area contributed by atoms with Crippen LogP contribution in [0.25, 0.3) is 0 Å². The van der Waals surface area contributed by atoms with Crippen molar-refractivity contribution >= 4 is 11.6 Å². The van der Waals surface area contributed by atoms with Crippen molar-refractivity contribution in [1.82, 2.24) is 0 Å². The monoisotopic (exact) mass is 142 g/mol. The van der Waals surface area contributed by atoms with Crippen LogP contribution >= 0.6 is 11.6 Å². The van der Waals surface area contributed by atoms with Gasteiger partial charge in [0.1, 0.15) is 0 Å². The number of hydrogen-bond donors (Lipinski definition) is 1. The number of aliphatic hydroxyl groups is 1. The molecule has 0 spiro atoms. The van der Waals surface area contributed by atoms with E-state index in [0.717, 1.165) is 17.8 Å². The van der Waals surface area contributed by atoms with Gasteiger partial charge in [0.15, 0.2) is 0 Å². The first-order valence-corrected chi connectivity index (χ1v) is 3.74. The molecule has 9 heavy (non-hydrogen) atoms. The first-order chi connectivity index (χ1) is 4.30. The molecule has 0 aromatic rings. The van der Waals surface area contributed by atoms with Gasteiger partial charge in [-0.1, -0.05) is 17.7 Å². The fourth-order valence-electron chi connectivity index (χ4n) is 2.25. The van der Waals surface area contributed by atoms with E-state index in [1.165, 1.54) is 0 Å². The Bertz CT molecular complexity index is 201. The van der Waals surface area contributed by atoms with E-state index in [0.29, 0.717) is 11.0 Å². The molecule has 2 saturated carbocycles. The summed E-state index contributed by atoms with van der Waals surface area (Å²) in [7, 11) is 0. The predicted molar refractivity (Wildman–Crippen MR) is 33.9 cm³/mol. The van der Waals surface area contributed by atoms with Crippen LogP contribution in [0.1, 0.15) is 0 Å². The van der Waals surface area contributed by atoms with Crippen molar-refractivity contribution in [3.63, 3.8) is 0 Å². The third-order valence-corrected chi connectivity index (χ3v) is 3.29. The van der Waals surface area contributed by atoms with E-state index < -0.39 is 0 Å². The average Bonchev–Trinajstić information content (AvgIpc) is 2.61. The van der Waals surface area contributed by atoms with Crippen molar-refractivity contribution in [2.45, 2.75) is 6.10 Å². The smallest absolute Gasteiger partial charge is 0.0926 e. The Morgan fingerprint density at radius 3 is 2.44 bits per heavy atom. The van der Waals surface area contributed by atoms with Crippen LogP contribution in [0.2, 0.25) is 0 Å². The van der Waals surface area contributed by atoms with Crippen LogP contribution in [0.5, 0.6) is 0 Å². The number of aliphatic hydroxyl groups excluding tert-OH is 1. The second-order valence-corrected chi connectivity index (χ2v) is 3.74. The lowest BCUT2D eigenvalue weighted by molar-refractivity contribution is 0.152. The maximum atomic E-state index is 9.30. The Hall–Kier alpha value is -0.0100. The van der Waals surface area contributed by atoms with Crippen molar-refractivity contribution in [2.24, 2.45) is 23.7 Å². The average molecular weight is 143 g/mol. The van der Waals surface area contributed by atoms with Gasteiger partial charge in [-0.3, -0.25) is 0 Å². The van der Waals surface area contributed by atoms with Crippen molar-refractivity contribution in [3.8, 4) is 0 Å². The molecule has 0 heterocycles. The Labute approximate surface area is 58.3 Å². The van der Waals surface area contributed by atoms with Crippen LogP contribution in [0, 0.1) is 23.7 Å². The Morgan fingerprint density at radius 1 is 1.33 bits per heavy atom. The molecule has 0 saturated heterocycles. The first kappa shape index (κ1) is 4.75. The summed E-state index contributed by atoms with van der Waals surface area (Å²) in [5.74, 6) is 3.00. The van der Waals surface area contributed by atoms with Gasteiger partial charge in [-0.2, -0.15) is 0 Å². The lowest BCUT2D eigenvalue weighted by atomic mass is 9.93. The Morgan fingerprint density at radius 2 is 2.00 bits per heavy atom. The van der Waals surface area contributed by atoms with E-state index in [2.05, 4.69) is 0 Å². The summed E-state index contributed by atoms with van der Waals surface area (Å²) in [6.45, 7) is 0. The quantitative estimate of drug-likeness (QED) is 0.535. The van der Waals surface area contributed by atoms with E-state index in [9.17, 15) is 5.11 Å². The molecule has 0 aromatic heterocycles. The molecule has 2 bridgehead atoms. The van der Waals surface area contributed by atoms with Gasteiger partial charge in [-0.15, -0.1) is 0 Å². The summed E-state index contributed by atoms with van der Waals surface area (Å²) in [6, 6.07) is 0. The van der Waals surface area contributed by atoms with Crippen molar-refractivity contribution < 1.29 is 5.11 Å². The third-order valence-electron chi connectivity index (χ3n) is 2.94. The maximum absolute atomic E-state index is 9.30. The van der Waals surface area contributed by atoms with E-state index >= 15 is 0 Å². The summed E-state index contributed by atoms with van der Waals surface area (Å²) >= 11 is 5.72. The second-order valence-electron chi connectivity index (χ2n) is 3.31. The van der Waals surface area contributed by atoms with E-state index in [1.54, 1.807) is 0 Å². The lowest BCUT2D eigenvalue weighted by Crippen LogP contribution is -2.22. The molecular formula is C7H7ClO. The summed E-state index contributed by atoms with van der Waals surface area (Å²) in [6.07, 6.45) is 1.73. The van der Waals surface area contributed by atoms with Gasteiger partial charge >= 0.3 is 0 Å². The summed E-state index contributed by atoms with van der Waals surface area (Å²) < 4.78 is 0. The van der Waals surface area contributed by atoms with Gasteiger partial charge in [0, 0.05) is 5.03 Å². The van der Waals surface area contributed by atoms with Gasteiger partial charge in [-0.25, -0.2) is 0 Å². The van der Waals surface area contributed by atoms with Crippen LogP contribution in [-0.4, -0.2) is 11.2 Å². The molecule has 2 heteroatoms. The third kappa shape index (κ3) is 0.366. The Balaban J connectivity index is 2.04. The first-order valence-electron chi connectivity index (χ1n) is 3.36. The van der Waals surface area contributed by atoms with Crippen LogP contribution in [0.4, 0.5) is 0 Å². The number of allylic oxidation sites excluding steroid dienone is 1. The number of hydrogen-bond acceptors (Lipinski definition) is 1. The number of halogens is 1.